The summed E-state index contributed by atoms with van der Waals surface area (Å²) in [5, 5.41) is 3.74. The van der Waals surface area contributed by atoms with Gasteiger partial charge >= 0.3 is 0 Å². The van der Waals surface area contributed by atoms with Crippen LogP contribution in [0.1, 0.15) is 75.2 Å². The van der Waals surface area contributed by atoms with Crippen LogP contribution in [-0.2, 0) is 4.74 Å². The van der Waals surface area contributed by atoms with Crippen LogP contribution in [0, 0.1) is 17.3 Å². The molecule has 3 unspecified atom stereocenters. The maximum absolute atomic E-state index is 6.30. The largest absolute Gasteiger partial charge is 0.369 e. The summed E-state index contributed by atoms with van der Waals surface area (Å²) in [5.74, 6) is 1.29. The molecule has 0 aromatic carbocycles. The predicted octanol–water partition coefficient (Wildman–Crippen LogP) is 4.63. The molecule has 0 spiro atoms. The molecule has 1 aliphatic heterocycles. The van der Waals surface area contributed by atoms with Gasteiger partial charge < -0.3 is 10.1 Å². The lowest BCUT2D eigenvalue weighted by molar-refractivity contribution is -0.0786. The van der Waals surface area contributed by atoms with Gasteiger partial charge in [-0.15, -0.1) is 0 Å². The fraction of sp³-hybridized carbons (Fsp3) is 1.00. The second-order valence-electron chi connectivity index (χ2n) is 8.94. The fourth-order valence-corrected chi connectivity index (χ4v) is 3.62. The second-order valence-corrected chi connectivity index (χ2v) is 8.94. The molecule has 1 N–H and O–H groups in total. The Morgan fingerprint density at radius 3 is 2.10 bits per heavy atom. The summed E-state index contributed by atoms with van der Waals surface area (Å²) in [7, 11) is 0. The Hall–Kier alpha value is -0.0800. The quantitative estimate of drug-likeness (QED) is 0.794. The smallest absolute Gasteiger partial charge is 0.0677 e. The average Bonchev–Trinajstić information content (AvgIpc) is 2.44. The van der Waals surface area contributed by atoms with Gasteiger partial charge in [-0.25, -0.2) is 0 Å². The summed E-state index contributed by atoms with van der Waals surface area (Å²) in [5.41, 5.74) is 0.341. The van der Waals surface area contributed by atoms with Crippen LogP contribution < -0.4 is 5.32 Å². The monoisotopic (exact) mass is 283 g/mol. The van der Waals surface area contributed by atoms with E-state index in [2.05, 4.69) is 67.6 Å². The molecule has 0 saturated carbocycles. The molecule has 2 heteroatoms. The minimum atomic E-state index is -0.0338. The van der Waals surface area contributed by atoms with Crippen molar-refractivity contribution in [3.63, 3.8) is 0 Å². The van der Waals surface area contributed by atoms with Crippen molar-refractivity contribution < 1.29 is 4.74 Å². The number of hydrogen-bond donors (Lipinski definition) is 1. The summed E-state index contributed by atoms with van der Waals surface area (Å²) in [6.07, 6.45) is 2.37. The molecule has 0 aromatic heterocycles. The molecule has 0 amide bonds. The molecular weight excluding hydrogens is 246 g/mol. The molecule has 1 heterocycles. The molecule has 0 aromatic rings. The molecule has 20 heavy (non-hydrogen) atoms. The van der Waals surface area contributed by atoms with E-state index >= 15 is 0 Å². The van der Waals surface area contributed by atoms with E-state index in [9.17, 15) is 0 Å². The highest BCUT2D eigenvalue weighted by Crippen LogP contribution is 2.45. The van der Waals surface area contributed by atoms with Crippen LogP contribution >= 0.6 is 0 Å². The third kappa shape index (κ3) is 4.46. The van der Waals surface area contributed by atoms with Crippen LogP contribution in [0.2, 0.25) is 0 Å². The molecule has 0 bridgehead atoms. The van der Waals surface area contributed by atoms with Crippen molar-refractivity contribution >= 4 is 0 Å². The Kier molecular flexibility index (Phi) is 5.36. The maximum Gasteiger partial charge on any atom is 0.0677 e. The van der Waals surface area contributed by atoms with Gasteiger partial charge in [0, 0.05) is 12.0 Å². The minimum Gasteiger partial charge on any atom is -0.369 e. The van der Waals surface area contributed by atoms with Gasteiger partial charge in [0.1, 0.15) is 0 Å². The van der Waals surface area contributed by atoms with Crippen LogP contribution in [0.15, 0.2) is 0 Å². The van der Waals surface area contributed by atoms with Gasteiger partial charge in [-0.2, -0.15) is 0 Å². The van der Waals surface area contributed by atoms with Crippen molar-refractivity contribution in [1.29, 1.82) is 0 Å². The number of rotatable bonds is 5. The highest BCUT2D eigenvalue weighted by atomic mass is 16.5. The summed E-state index contributed by atoms with van der Waals surface area (Å²) < 4.78 is 6.30. The standard InChI is InChI=1S/C18H37NO/c1-10-19-15(11-13(2)16(3,4)5)14-12-17(6,7)20-18(14,8)9/h13-15,19H,10-12H2,1-9H3. The van der Waals surface area contributed by atoms with Crippen molar-refractivity contribution in [3.8, 4) is 0 Å². The van der Waals surface area contributed by atoms with Gasteiger partial charge in [0.2, 0.25) is 0 Å². The number of hydrogen-bond acceptors (Lipinski definition) is 2. The first kappa shape index (κ1) is 18.0. The number of nitrogens with one attached hydrogen (secondary N) is 1. The molecule has 3 atom stereocenters. The van der Waals surface area contributed by atoms with Crippen LogP contribution in [-0.4, -0.2) is 23.8 Å². The molecule has 1 rings (SSSR count). The highest BCUT2D eigenvalue weighted by Gasteiger charge is 2.49. The Labute approximate surface area is 127 Å². The molecule has 1 aliphatic rings. The summed E-state index contributed by atoms with van der Waals surface area (Å²) >= 11 is 0. The first-order valence-corrected chi connectivity index (χ1v) is 8.32. The molecule has 120 valence electrons. The van der Waals surface area contributed by atoms with Crippen LogP contribution in [0.5, 0.6) is 0 Å². The van der Waals surface area contributed by atoms with Crippen LogP contribution in [0.4, 0.5) is 0 Å². The highest BCUT2D eigenvalue weighted by molar-refractivity contribution is 5.00. The summed E-state index contributed by atoms with van der Waals surface area (Å²) in [4.78, 5) is 0. The van der Waals surface area contributed by atoms with Crippen LogP contribution in [0.3, 0.4) is 0 Å². The maximum atomic E-state index is 6.30. The zero-order chi connectivity index (χ0) is 15.8. The zero-order valence-corrected chi connectivity index (χ0v) is 15.3. The lowest BCUT2D eigenvalue weighted by Gasteiger charge is -2.37. The van der Waals surface area contributed by atoms with Gasteiger partial charge in [0.15, 0.2) is 0 Å². The fourth-order valence-electron chi connectivity index (χ4n) is 3.62. The molecule has 2 nitrogen and oxygen atoms in total. The zero-order valence-electron chi connectivity index (χ0n) is 15.3. The normalized spacial score (nSPS) is 28.4. The first-order chi connectivity index (χ1) is 8.89. The minimum absolute atomic E-state index is 0.00675. The van der Waals surface area contributed by atoms with Gasteiger partial charge in [-0.1, -0.05) is 34.6 Å². The van der Waals surface area contributed by atoms with Crippen molar-refractivity contribution in [2.75, 3.05) is 6.54 Å². The first-order valence-electron chi connectivity index (χ1n) is 8.32. The Morgan fingerprint density at radius 2 is 1.75 bits per heavy atom. The van der Waals surface area contributed by atoms with Crippen molar-refractivity contribution in [3.05, 3.63) is 0 Å². The summed E-state index contributed by atoms with van der Waals surface area (Å²) in [6, 6.07) is 0.547. The van der Waals surface area contributed by atoms with E-state index in [0.29, 0.717) is 23.3 Å². The van der Waals surface area contributed by atoms with Crippen molar-refractivity contribution in [2.45, 2.75) is 92.4 Å². The Morgan fingerprint density at radius 1 is 1.20 bits per heavy atom. The summed E-state index contributed by atoms with van der Waals surface area (Å²) in [6.45, 7) is 21.7. The van der Waals surface area contributed by atoms with Crippen molar-refractivity contribution in [2.24, 2.45) is 17.3 Å². The lowest BCUT2D eigenvalue weighted by atomic mass is 9.73. The topological polar surface area (TPSA) is 21.3 Å². The third-order valence-electron chi connectivity index (χ3n) is 5.18. The van der Waals surface area contributed by atoms with Gasteiger partial charge in [-0.3, -0.25) is 0 Å². The predicted molar refractivity (Wildman–Crippen MR) is 88.1 cm³/mol. The van der Waals surface area contributed by atoms with E-state index in [1.807, 2.05) is 0 Å². The van der Waals surface area contributed by atoms with E-state index in [1.54, 1.807) is 0 Å². The van der Waals surface area contributed by atoms with Crippen molar-refractivity contribution in [1.82, 2.24) is 5.32 Å². The molecule has 0 radical (unpaired) electrons. The van der Waals surface area contributed by atoms with E-state index < -0.39 is 0 Å². The van der Waals surface area contributed by atoms with Gasteiger partial charge in [0.05, 0.1) is 11.2 Å². The third-order valence-corrected chi connectivity index (χ3v) is 5.18. The molecular formula is C18H37NO. The average molecular weight is 284 g/mol. The lowest BCUT2D eigenvalue weighted by Crippen LogP contribution is -2.46. The molecule has 1 saturated heterocycles. The molecule has 1 fully saturated rings. The van der Waals surface area contributed by atoms with E-state index in [0.717, 1.165) is 13.0 Å². The second kappa shape index (κ2) is 5.96. The van der Waals surface area contributed by atoms with E-state index in [4.69, 9.17) is 4.74 Å². The van der Waals surface area contributed by atoms with Crippen LogP contribution in [0.25, 0.3) is 0 Å². The Balaban J connectivity index is 2.86. The van der Waals surface area contributed by atoms with E-state index in [-0.39, 0.29) is 11.2 Å². The van der Waals surface area contributed by atoms with Gasteiger partial charge in [-0.05, 0) is 58.4 Å². The number of ether oxygens (including phenoxy) is 1. The molecule has 0 aliphatic carbocycles. The van der Waals surface area contributed by atoms with E-state index in [1.165, 1.54) is 6.42 Å². The Bertz CT molecular complexity index is 314. The van der Waals surface area contributed by atoms with Gasteiger partial charge in [0.25, 0.3) is 0 Å². The SMILES string of the molecule is CCNC(CC(C)C(C)(C)C)C1CC(C)(C)OC1(C)C.